The number of hydrogen-bond donors (Lipinski definition) is 2. The Morgan fingerprint density at radius 3 is 2.85 bits per heavy atom. The van der Waals surface area contributed by atoms with Crippen molar-refractivity contribution in [3.63, 3.8) is 0 Å². The highest BCUT2D eigenvalue weighted by Crippen LogP contribution is 2.23. The van der Waals surface area contributed by atoms with Crippen LogP contribution in [0.1, 0.15) is 27.0 Å². The lowest BCUT2D eigenvalue weighted by atomic mass is 10.2. The van der Waals surface area contributed by atoms with Gasteiger partial charge in [-0.3, -0.25) is 0 Å². The van der Waals surface area contributed by atoms with Crippen LogP contribution in [-0.4, -0.2) is 17.7 Å². The number of rotatable bonds is 6. The summed E-state index contributed by atoms with van der Waals surface area (Å²) in [5, 5.41) is 12.3. The standard InChI is InChI=1S/C15H17NO3S/c1-3-19-13-6-4-5-12(8-13)16-9-11-7-14(15(17)18)20-10(11)2/h4-8,16H,3,9H2,1-2H3,(H,17,18). The number of anilines is 1. The largest absolute Gasteiger partial charge is 0.494 e. The van der Waals surface area contributed by atoms with Gasteiger partial charge >= 0.3 is 5.97 Å². The molecule has 0 bridgehead atoms. The van der Waals surface area contributed by atoms with Crippen LogP contribution in [0.15, 0.2) is 30.3 Å². The van der Waals surface area contributed by atoms with Crippen molar-refractivity contribution in [1.82, 2.24) is 0 Å². The number of aryl methyl sites for hydroxylation is 1. The molecule has 0 unspecified atom stereocenters. The van der Waals surface area contributed by atoms with E-state index in [1.54, 1.807) is 6.07 Å². The van der Waals surface area contributed by atoms with E-state index in [1.807, 2.05) is 38.1 Å². The Balaban J connectivity index is 2.05. The molecule has 0 saturated heterocycles. The zero-order valence-electron chi connectivity index (χ0n) is 11.5. The first-order valence-corrected chi connectivity index (χ1v) is 7.21. The second-order valence-electron chi connectivity index (χ2n) is 4.31. The molecule has 0 radical (unpaired) electrons. The number of ether oxygens (including phenoxy) is 1. The molecule has 2 rings (SSSR count). The fraction of sp³-hybridized carbons (Fsp3) is 0.267. The Morgan fingerprint density at radius 1 is 1.40 bits per heavy atom. The predicted molar refractivity (Wildman–Crippen MR) is 81.0 cm³/mol. The quantitative estimate of drug-likeness (QED) is 0.850. The molecule has 0 aliphatic rings. The molecule has 0 saturated carbocycles. The second-order valence-corrected chi connectivity index (χ2v) is 5.57. The fourth-order valence-corrected chi connectivity index (χ4v) is 2.74. The number of hydrogen-bond acceptors (Lipinski definition) is 4. The first kappa shape index (κ1) is 14.4. The van der Waals surface area contributed by atoms with Gasteiger partial charge in [0.25, 0.3) is 0 Å². The Bertz CT molecular complexity index is 607. The average Bonchev–Trinajstić information content (AvgIpc) is 2.79. The molecular weight excluding hydrogens is 274 g/mol. The molecular formula is C15H17NO3S. The van der Waals surface area contributed by atoms with Gasteiger partial charge in [-0.2, -0.15) is 0 Å². The zero-order chi connectivity index (χ0) is 14.5. The molecule has 1 aromatic heterocycles. The van der Waals surface area contributed by atoms with Gasteiger partial charge in [0.2, 0.25) is 0 Å². The van der Waals surface area contributed by atoms with Gasteiger partial charge in [-0.1, -0.05) is 6.07 Å². The molecule has 1 heterocycles. The van der Waals surface area contributed by atoms with Crippen molar-refractivity contribution in [2.45, 2.75) is 20.4 Å². The molecule has 0 spiro atoms. The van der Waals surface area contributed by atoms with E-state index in [1.165, 1.54) is 11.3 Å². The number of carboxylic acid groups (broad SMARTS) is 1. The molecule has 0 amide bonds. The zero-order valence-corrected chi connectivity index (χ0v) is 12.3. The maximum absolute atomic E-state index is 10.9. The van der Waals surface area contributed by atoms with Crippen LogP contribution < -0.4 is 10.1 Å². The fourth-order valence-electron chi connectivity index (χ4n) is 1.86. The summed E-state index contributed by atoms with van der Waals surface area (Å²) in [6.07, 6.45) is 0. The summed E-state index contributed by atoms with van der Waals surface area (Å²) in [4.78, 5) is 12.3. The first-order valence-electron chi connectivity index (χ1n) is 6.39. The lowest BCUT2D eigenvalue weighted by molar-refractivity contribution is 0.0702. The average molecular weight is 291 g/mol. The second kappa shape index (κ2) is 6.43. The normalized spacial score (nSPS) is 10.3. The summed E-state index contributed by atoms with van der Waals surface area (Å²) in [6.45, 7) is 5.12. The van der Waals surface area contributed by atoms with Crippen molar-refractivity contribution in [3.05, 3.63) is 45.6 Å². The van der Waals surface area contributed by atoms with Crippen LogP contribution in [0.5, 0.6) is 5.75 Å². The van der Waals surface area contributed by atoms with Gasteiger partial charge in [-0.25, -0.2) is 4.79 Å². The van der Waals surface area contributed by atoms with Crippen molar-refractivity contribution in [2.75, 3.05) is 11.9 Å². The van der Waals surface area contributed by atoms with Crippen molar-refractivity contribution in [1.29, 1.82) is 0 Å². The highest BCUT2D eigenvalue weighted by atomic mass is 32.1. The van der Waals surface area contributed by atoms with Crippen molar-refractivity contribution < 1.29 is 14.6 Å². The molecule has 1 aromatic carbocycles. The van der Waals surface area contributed by atoms with E-state index in [0.29, 0.717) is 18.0 Å². The highest BCUT2D eigenvalue weighted by molar-refractivity contribution is 7.14. The van der Waals surface area contributed by atoms with Gasteiger partial charge < -0.3 is 15.2 Å². The minimum atomic E-state index is -0.873. The van der Waals surface area contributed by atoms with E-state index < -0.39 is 5.97 Å². The predicted octanol–water partition coefficient (Wildman–Crippen LogP) is 3.77. The van der Waals surface area contributed by atoms with E-state index in [4.69, 9.17) is 9.84 Å². The number of thiophene rings is 1. The third-order valence-corrected chi connectivity index (χ3v) is 3.94. The van der Waals surface area contributed by atoms with Crippen LogP contribution in [0.3, 0.4) is 0 Å². The Kier molecular flexibility index (Phi) is 4.63. The monoisotopic (exact) mass is 291 g/mol. The molecule has 0 atom stereocenters. The Hall–Kier alpha value is -2.01. The summed E-state index contributed by atoms with van der Waals surface area (Å²) in [7, 11) is 0. The van der Waals surface area contributed by atoms with E-state index in [-0.39, 0.29) is 0 Å². The van der Waals surface area contributed by atoms with Gasteiger partial charge in [0.1, 0.15) is 10.6 Å². The van der Waals surface area contributed by atoms with Gasteiger partial charge in [-0.05, 0) is 37.6 Å². The lowest BCUT2D eigenvalue weighted by Gasteiger charge is -2.08. The minimum Gasteiger partial charge on any atom is -0.494 e. The summed E-state index contributed by atoms with van der Waals surface area (Å²) in [6, 6.07) is 9.46. The number of nitrogens with one attached hydrogen (secondary N) is 1. The van der Waals surface area contributed by atoms with Crippen LogP contribution >= 0.6 is 11.3 Å². The molecule has 4 nitrogen and oxygen atoms in total. The van der Waals surface area contributed by atoms with E-state index in [0.717, 1.165) is 21.9 Å². The van der Waals surface area contributed by atoms with E-state index in [2.05, 4.69) is 5.32 Å². The minimum absolute atomic E-state index is 0.377. The summed E-state index contributed by atoms with van der Waals surface area (Å²) < 4.78 is 5.44. The molecule has 0 aliphatic heterocycles. The SMILES string of the molecule is CCOc1cccc(NCc2cc(C(=O)O)sc2C)c1. The molecule has 2 aromatic rings. The van der Waals surface area contributed by atoms with Crippen LogP contribution in [-0.2, 0) is 6.54 Å². The van der Waals surface area contributed by atoms with Crippen LogP contribution in [0.25, 0.3) is 0 Å². The molecule has 5 heteroatoms. The summed E-state index contributed by atoms with van der Waals surface area (Å²) in [5.41, 5.74) is 1.97. The third-order valence-electron chi connectivity index (χ3n) is 2.86. The number of aromatic carboxylic acids is 1. The topological polar surface area (TPSA) is 58.6 Å². The smallest absolute Gasteiger partial charge is 0.345 e. The maximum Gasteiger partial charge on any atom is 0.345 e. The number of carbonyl (C=O) groups is 1. The van der Waals surface area contributed by atoms with Gasteiger partial charge in [-0.15, -0.1) is 11.3 Å². The summed E-state index contributed by atoms with van der Waals surface area (Å²) >= 11 is 1.30. The third kappa shape index (κ3) is 3.51. The van der Waals surface area contributed by atoms with Gasteiger partial charge in [0.05, 0.1) is 6.61 Å². The van der Waals surface area contributed by atoms with Crippen molar-refractivity contribution >= 4 is 23.0 Å². The maximum atomic E-state index is 10.9. The Labute approximate surface area is 122 Å². The molecule has 0 fully saturated rings. The van der Waals surface area contributed by atoms with E-state index >= 15 is 0 Å². The Morgan fingerprint density at radius 2 is 2.20 bits per heavy atom. The highest BCUT2D eigenvalue weighted by Gasteiger charge is 2.10. The van der Waals surface area contributed by atoms with Crippen LogP contribution in [0, 0.1) is 6.92 Å². The number of benzene rings is 1. The van der Waals surface area contributed by atoms with Gasteiger partial charge in [0.15, 0.2) is 0 Å². The van der Waals surface area contributed by atoms with Crippen molar-refractivity contribution in [3.8, 4) is 5.75 Å². The molecule has 20 heavy (non-hydrogen) atoms. The van der Waals surface area contributed by atoms with Crippen molar-refractivity contribution in [2.24, 2.45) is 0 Å². The van der Waals surface area contributed by atoms with Crippen LogP contribution in [0.2, 0.25) is 0 Å². The number of carboxylic acids is 1. The van der Waals surface area contributed by atoms with E-state index in [9.17, 15) is 4.79 Å². The summed E-state index contributed by atoms with van der Waals surface area (Å²) in [5.74, 6) is -0.0477. The first-order chi connectivity index (χ1) is 9.60. The van der Waals surface area contributed by atoms with Gasteiger partial charge in [0, 0.05) is 23.2 Å². The molecule has 2 N–H and O–H groups in total. The van der Waals surface area contributed by atoms with Crippen LogP contribution in [0.4, 0.5) is 5.69 Å². The molecule has 106 valence electrons. The lowest BCUT2D eigenvalue weighted by Crippen LogP contribution is -2.00. The molecule has 0 aliphatic carbocycles.